The molecule has 2 aromatic carbocycles. The van der Waals surface area contributed by atoms with Crippen molar-refractivity contribution in [3.05, 3.63) is 70.8 Å². The van der Waals surface area contributed by atoms with Crippen LogP contribution in [0.4, 0.5) is 0 Å². The number of carbonyl (C=O) groups is 4. The molecule has 4 N–H and O–H groups in total. The molecule has 2 aromatic rings. The van der Waals surface area contributed by atoms with Crippen LogP contribution in [0.15, 0.2) is 54.1 Å². The van der Waals surface area contributed by atoms with Gasteiger partial charge in [-0.15, -0.1) is 0 Å². The van der Waals surface area contributed by atoms with E-state index in [0.717, 1.165) is 0 Å². The number of carbonyl (C=O) groups excluding carboxylic acids is 4. The van der Waals surface area contributed by atoms with Gasteiger partial charge in [-0.3, -0.25) is 15.0 Å². The summed E-state index contributed by atoms with van der Waals surface area (Å²) in [5.74, 6) is -1.59. The van der Waals surface area contributed by atoms with Crippen LogP contribution in [0.5, 0.6) is 5.75 Å². The normalized spacial score (nSPS) is 11.7. The minimum atomic E-state index is -0.843. The van der Waals surface area contributed by atoms with Crippen LogP contribution in [0.2, 0.25) is 0 Å². The maximum atomic E-state index is 12.8. The summed E-state index contributed by atoms with van der Waals surface area (Å²) in [6.07, 6.45) is 3.26. The standard InChI is InChI=1S/C29H35N3O7/c1-4-37-25(33)9-7-6-8-24(29(36)38-5-2)32-27(34)19(3)18-20-10-12-22(13-11-20)28(35)39-23-16-14-21(15-17-23)26(30)31/h10-18,24H,4-9H2,1-3H3,(H3,30,31)(H,32,34). The van der Waals surface area contributed by atoms with Crippen molar-refractivity contribution in [2.24, 2.45) is 5.73 Å². The van der Waals surface area contributed by atoms with Crippen LogP contribution in [-0.2, 0) is 23.9 Å². The lowest BCUT2D eigenvalue weighted by atomic mass is 10.1. The molecule has 0 aliphatic rings. The number of esters is 3. The van der Waals surface area contributed by atoms with Crippen LogP contribution in [0.3, 0.4) is 0 Å². The van der Waals surface area contributed by atoms with Crippen LogP contribution in [0, 0.1) is 5.41 Å². The topological polar surface area (TPSA) is 158 Å². The summed E-state index contributed by atoms with van der Waals surface area (Å²) in [6.45, 7) is 5.54. The van der Waals surface area contributed by atoms with Crippen LogP contribution < -0.4 is 15.8 Å². The van der Waals surface area contributed by atoms with Crippen molar-refractivity contribution < 1.29 is 33.4 Å². The molecule has 0 saturated heterocycles. The molecule has 208 valence electrons. The highest BCUT2D eigenvalue weighted by atomic mass is 16.5. The van der Waals surface area contributed by atoms with Gasteiger partial charge in [-0.2, -0.15) is 0 Å². The Morgan fingerprint density at radius 3 is 2.13 bits per heavy atom. The van der Waals surface area contributed by atoms with E-state index in [1.807, 2.05) is 0 Å². The van der Waals surface area contributed by atoms with Crippen LogP contribution in [-0.4, -0.2) is 48.9 Å². The molecular formula is C29H35N3O7. The molecule has 0 heterocycles. The minimum absolute atomic E-state index is 0.0806. The maximum Gasteiger partial charge on any atom is 0.343 e. The molecule has 10 nitrogen and oxygen atoms in total. The van der Waals surface area contributed by atoms with Gasteiger partial charge in [-0.25, -0.2) is 9.59 Å². The molecule has 0 fully saturated rings. The van der Waals surface area contributed by atoms with E-state index in [1.54, 1.807) is 75.4 Å². The second-order valence-electron chi connectivity index (χ2n) is 8.61. The van der Waals surface area contributed by atoms with Crippen molar-refractivity contribution in [2.75, 3.05) is 13.2 Å². The van der Waals surface area contributed by atoms with Gasteiger partial charge in [0.1, 0.15) is 17.6 Å². The molecule has 0 aromatic heterocycles. The molecule has 39 heavy (non-hydrogen) atoms. The Labute approximate surface area is 228 Å². The van der Waals surface area contributed by atoms with Gasteiger partial charge in [0.05, 0.1) is 18.8 Å². The maximum absolute atomic E-state index is 12.8. The number of nitrogens with one attached hydrogen (secondary N) is 2. The monoisotopic (exact) mass is 537 g/mol. The molecule has 2 rings (SSSR count). The van der Waals surface area contributed by atoms with Gasteiger partial charge in [0.15, 0.2) is 0 Å². The number of nitrogen functional groups attached to an aromatic ring is 1. The van der Waals surface area contributed by atoms with Gasteiger partial charge < -0.3 is 25.3 Å². The second kappa shape index (κ2) is 15.7. The summed E-state index contributed by atoms with van der Waals surface area (Å²) in [5.41, 5.74) is 7.29. The van der Waals surface area contributed by atoms with E-state index in [0.29, 0.717) is 53.9 Å². The number of benzene rings is 2. The zero-order valence-corrected chi connectivity index (χ0v) is 22.5. The molecule has 0 aliphatic heterocycles. The number of nitrogens with two attached hydrogens (primary N) is 1. The van der Waals surface area contributed by atoms with Crippen LogP contribution in [0.1, 0.15) is 67.9 Å². The Bertz CT molecular complexity index is 1190. The fraction of sp³-hybridized carbons (Fsp3) is 0.345. The van der Waals surface area contributed by atoms with Crippen LogP contribution >= 0.6 is 0 Å². The van der Waals surface area contributed by atoms with Crippen molar-refractivity contribution in [1.29, 1.82) is 5.41 Å². The molecular weight excluding hydrogens is 502 g/mol. The fourth-order valence-electron chi connectivity index (χ4n) is 3.51. The summed E-state index contributed by atoms with van der Waals surface area (Å²) < 4.78 is 15.3. The third-order valence-corrected chi connectivity index (χ3v) is 5.57. The Kier molecular flexibility index (Phi) is 12.4. The molecule has 0 radical (unpaired) electrons. The van der Waals surface area contributed by atoms with Gasteiger partial charge in [0.25, 0.3) is 0 Å². The Morgan fingerprint density at radius 2 is 1.54 bits per heavy atom. The number of hydrogen-bond donors (Lipinski definition) is 3. The molecule has 0 aliphatic carbocycles. The molecule has 0 spiro atoms. The fourth-order valence-corrected chi connectivity index (χ4v) is 3.51. The average Bonchev–Trinajstić information content (AvgIpc) is 2.91. The largest absolute Gasteiger partial charge is 0.466 e. The van der Waals surface area contributed by atoms with Crippen molar-refractivity contribution >= 4 is 35.7 Å². The highest BCUT2D eigenvalue weighted by molar-refractivity contribution is 5.99. The summed E-state index contributed by atoms with van der Waals surface area (Å²) >= 11 is 0. The van der Waals surface area contributed by atoms with Gasteiger partial charge >= 0.3 is 17.9 Å². The molecule has 1 amide bonds. The van der Waals surface area contributed by atoms with E-state index in [4.69, 9.17) is 25.4 Å². The second-order valence-corrected chi connectivity index (χ2v) is 8.61. The van der Waals surface area contributed by atoms with Crippen molar-refractivity contribution in [3.63, 3.8) is 0 Å². The molecule has 10 heteroatoms. The Balaban J connectivity index is 1.97. The predicted molar refractivity (Wildman–Crippen MR) is 146 cm³/mol. The highest BCUT2D eigenvalue weighted by Crippen LogP contribution is 2.16. The number of amides is 1. The number of amidine groups is 1. The van der Waals surface area contributed by atoms with E-state index in [1.165, 1.54) is 0 Å². The lowest BCUT2D eigenvalue weighted by Crippen LogP contribution is -2.42. The van der Waals surface area contributed by atoms with Crippen molar-refractivity contribution in [2.45, 2.75) is 52.5 Å². The SMILES string of the molecule is CCOC(=O)CCCCC(NC(=O)C(C)=Cc1ccc(C(=O)Oc2ccc(C(=N)N)cc2)cc1)C(=O)OCC. The van der Waals surface area contributed by atoms with Crippen LogP contribution in [0.25, 0.3) is 6.08 Å². The van der Waals surface area contributed by atoms with E-state index >= 15 is 0 Å². The minimum Gasteiger partial charge on any atom is -0.466 e. The highest BCUT2D eigenvalue weighted by Gasteiger charge is 2.22. The smallest absolute Gasteiger partial charge is 0.343 e. The Morgan fingerprint density at radius 1 is 0.923 bits per heavy atom. The zero-order chi connectivity index (χ0) is 28.8. The predicted octanol–water partition coefficient (Wildman–Crippen LogP) is 3.76. The lowest BCUT2D eigenvalue weighted by molar-refractivity contribution is -0.147. The zero-order valence-electron chi connectivity index (χ0n) is 22.5. The van der Waals surface area contributed by atoms with Crippen molar-refractivity contribution in [1.82, 2.24) is 5.32 Å². The molecule has 0 saturated carbocycles. The number of unbranched alkanes of at least 4 members (excludes halogenated alkanes) is 1. The Hall–Kier alpha value is -4.47. The average molecular weight is 538 g/mol. The first-order chi connectivity index (χ1) is 18.6. The third kappa shape index (κ3) is 10.4. The van der Waals surface area contributed by atoms with E-state index < -0.39 is 23.9 Å². The van der Waals surface area contributed by atoms with Gasteiger partial charge in [0, 0.05) is 17.6 Å². The first-order valence-electron chi connectivity index (χ1n) is 12.7. The molecule has 0 bridgehead atoms. The first-order valence-corrected chi connectivity index (χ1v) is 12.7. The summed E-state index contributed by atoms with van der Waals surface area (Å²) in [5, 5.41) is 10.1. The van der Waals surface area contributed by atoms with Gasteiger partial charge in [-0.1, -0.05) is 18.6 Å². The summed E-state index contributed by atoms with van der Waals surface area (Å²) in [6, 6.07) is 11.9. The quantitative estimate of drug-likeness (QED) is 0.0821. The molecule has 1 unspecified atom stereocenters. The third-order valence-electron chi connectivity index (χ3n) is 5.57. The van der Waals surface area contributed by atoms with E-state index in [2.05, 4.69) is 5.32 Å². The van der Waals surface area contributed by atoms with Crippen molar-refractivity contribution in [3.8, 4) is 5.75 Å². The first kappa shape index (κ1) is 30.8. The van der Waals surface area contributed by atoms with E-state index in [-0.39, 0.29) is 24.8 Å². The van der Waals surface area contributed by atoms with Gasteiger partial charge in [-0.05, 0) is 81.7 Å². The van der Waals surface area contributed by atoms with E-state index in [9.17, 15) is 19.2 Å². The number of hydrogen-bond acceptors (Lipinski definition) is 8. The summed E-state index contributed by atoms with van der Waals surface area (Å²) in [7, 11) is 0. The number of rotatable bonds is 14. The van der Waals surface area contributed by atoms with Gasteiger partial charge in [0.2, 0.25) is 5.91 Å². The number of ether oxygens (including phenoxy) is 3. The summed E-state index contributed by atoms with van der Waals surface area (Å²) in [4.78, 5) is 49.1. The lowest BCUT2D eigenvalue weighted by Gasteiger charge is -2.17. The molecule has 1 atom stereocenters.